The van der Waals surface area contributed by atoms with Gasteiger partial charge in [0.1, 0.15) is 11.0 Å². The summed E-state index contributed by atoms with van der Waals surface area (Å²) in [7, 11) is 2.62. The number of esters is 1. The van der Waals surface area contributed by atoms with E-state index in [-0.39, 0.29) is 17.6 Å². The van der Waals surface area contributed by atoms with Crippen LogP contribution in [0, 0.1) is 0 Å². The van der Waals surface area contributed by atoms with E-state index >= 15 is 0 Å². The molecule has 0 fully saturated rings. The molecule has 0 aromatic carbocycles. The monoisotopic (exact) mass is 280 g/mol. The number of nitrogens with one attached hydrogen (secondary N) is 1. The van der Waals surface area contributed by atoms with Crippen molar-refractivity contribution < 1.29 is 9.53 Å². The molecule has 1 N–H and O–H groups in total. The van der Waals surface area contributed by atoms with Crippen LogP contribution in [0.2, 0.25) is 0 Å². The van der Waals surface area contributed by atoms with E-state index in [1.165, 1.54) is 14.1 Å². The second kappa shape index (κ2) is 4.76. The molecule has 0 atom stereocenters. The Labute approximate surface area is 111 Å². The maximum Gasteiger partial charge on any atom is 0.362 e. The molecule has 20 heavy (non-hydrogen) atoms. The molecule has 9 heteroatoms. The fraction of sp³-hybridized carbons (Fsp3) is 0.364. The molecule has 0 spiro atoms. The first-order valence-electron chi connectivity index (χ1n) is 5.75. The molecule has 0 aliphatic heterocycles. The number of carbonyl (C=O) groups is 1. The van der Waals surface area contributed by atoms with Crippen LogP contribution in [0.3, 0.4) is 0 Å². The van der Waals surface area contributed by atoms with Crippen LogP contribution < -0.4 is 16.7 Å². The lowest BCUT2D eigenvalue weighted by molar-refractivity contribution is 0.0517. The number of hydrogen-bond donors (Lipinski definition) is 1. The van der Waals surface area contributed by atoms with Crippen LogP contribution in [0.15, 0.2) is 14.4 Å². The number of H-pyrrole nitrogens is 1. The van der Waals surface area contributed by atoms with Gasteiger partial charge < -0.3 is 4.74 Å². The molecule has 106 valence electrons. The number of hydrogen-bond acceptors (Lipinski definition) is 6. The molecule has 0 saturated heterocycles. The molecule has 0 unspecified atom stereocenters. The largest absolute Gasteiger partial charge is 0.461 e. The first-order chi connectivity index (χ1) is 9.40. The van der Waals surface area contributed by atoms with Gasteiger partial charge in [-0.1, -0.05) is 0 Å². The van der Waals surface area contributed by atoms with E-state index in [4.69, 9.17) is 0 Å². The summed E-state index contributed by atoms with van der Waals surface area (Å²) >= 11 is 0. The van der Waals surface area contributed by atoms with Crippen molar-refractivity contribution in [2.24, 2.45) is 14.1 Å². The van der Waals surface area contributed by atoms with E-state index in [1.807, 2.05) is 0 Å². The third-order valence-electron chi connectivity index (χ3n) is 2.85. The second-order valence-electron chi connectivity index (χ2n) is 4.05. The maximum absolute atomic E-state index is 12.2. The van der Waals surface area contributed by atoms with Gasteiger partial charge in [0, 0.05) is 14.1 Å². The van der Waals surface area contributed by atoms with Gasteiger partial charge in [0.15, 0.2) is 0 Å². The van der Waals surface area contributed by atoms with Crippen molar-refractivity contribution >= 4 is 17.0 Å². The molecule has 2 rings (SSSR count). The molecule has 9 nitrogen and oxygen atoms in total. The fourth-order valence-corrected chi connectivity index (χ4v) is 1.80. The molecule has 2 aromatic heterocycles. The summed E-state index contributed by atoms with van der Waals surface area (Å²) in [5.41, 5.74) is -2.83. The number of rotatable bonds is 2. The summed E-state index contributed by atoms with van der Waals surface area (Å²) in [5, 5.41) is 5.64. The zero-order valence-corrected chi connectivity index (χ0v) is 11.1. The lowest BCUT2D eigenvalue weighted by Gasteiger charge is -2.07. The third-order valence-corrected chi connectivity index (χ3v) is 2.85. The van der Waals surface area contributed by atoms with E-state index in [2.05, 4.69) is 14.9 Å². The summed E-state index contributed by atoms with van der Waals surface area (Å²) in [6.45, 7) is 1.65. The Balaban J connectivity index is 2.95. The van der Waals surface area contributed by atoms with Gasteiger partial charge in [0.25, 0.3) is 5.56 Å². The van der Waals surface area contributed by atoms with Gasteiger partial charge in [0.2, 0.25) is 11.1 Å². The summed E-state index contributed by atoms with van der Waals surface area (Å²) in [4.78, 5) is 47.5. The Morgan fingerprint density at radius 2 is 1.90 bits per heavy atom. The van der Waals surface area contributed by atoms with Gasteiger partial charge in [-0.05, 0) is 6.92 Å². The van der Waals surface area contributed by atoms with Crippen LogP contribution in [-0.2, 0) is 18.8 Å². The minimum atomic E-state index is -0.924. The molecule has 0 aliphatic carbocycles. The van der Waals surface area contributed by atoms with Crippen LogP contribution in [0.1, 0.15) is 17.4 Å². The van der Waals surface area contributed by atoms with Crippen molar-refractivity contribution in [3.8, 4) is 0 Å². The summed E-state index contributed by atoms with van der Waals surface area (Å²) in [5.74, 6) is -0.924. The predicted molar refractivity (Wildman–Crippen MR) is 68.8 cm³/mol. The highest BCUT2D eigenvalue weighted by atomic mass is 16.5. The Bertz CT molecular complexity index is 873. The third kappa shape index (κ3) is 1.83. The van der Waals surface area contributed by atoms with Crippen molar-refractivity contribution in [1.29, 1.82) is 0 Å². The average molecular weight is 280 g/mol. The van der Waals surface area contributed by atoms with Crippen molar-refractivity contribution in [3.05, 3.63) is 36.8 Å². The SMILES string of the molecule is CCOC(=O)c1n[nH]c2c(c1=O)c(=O)n(C)c(=O)n2C. The summed E-state index contributed by atoms with van der Waals surface area (Å²) in [6.07, 6.45) is 0. The summed E-state index contributed by atoms with van der Waals surface area (Å²) < 4.78 is 6.54. The number of fused-ring (bicyclic) bond motifs is 1. The first kappa shape index (κ1) is 13.7. The number of aryl methyl sites for hydroxylation is 1. The standard InChI is InChI=1S/C11H12N4O5/c1-4-20-10(18)6-7(16)5-8(13-12-6)14(2)11(19)15(3)9(5)17/h4H2,1-3H3,(H,13,16). The lowest BCUT2D eigenvalue weighted by Crippen LogP contribution is -2.40. The first-order valence-corrected chi connectivity index (χ1v) is 5.75. The zero-order chi connectivity index (χ0) is 15.0. The molecular formula is C11H12N4O5. The Morgan fingerprint density at radius 3 is 2.50 bits per heavy atom. The van der Waals surface area contributed by atoms with Crippen LogP contribution in [-0.4, -0.2) is 31.9 Å². The van der Waals surface area contributed by atoms with Crippen molar-refractivity contribution in [1.82, 2.24) is 19.3 Å². The smallest absolute Gasteiger partial charge is 0.362 e. The number of carbonyl (C=O) groups excluding carboxylic acids is 1. The van der Waals surface area contributed by atoms with Crippen LogP contribution in [0.4, 0.5) is 0 Å². The zero-order valence-electron chi connectivity index (χ0n) is 11.1. The minimum absolute atomic E-state index is 0.0452. The normalized spacial score (nSPS) is 10.8. The van der Waals surface area contributed by atoms with Crippen LogP contribution in [0.25, 0.3) is 11.0 Å². The molecule has 0 saturated carbocycles. The predicted octanol–water partition coefficient (Wildman–Crippen LogP) is -1.50. The molecule has 2 heterocycles. The van der Waals surface area contributed by atoms with Crippen molar-refractivity contribution in [2.45, 2.75) is 6.92 Å². The number of aromatic nitrogens is 4. The lowest BCUT2D eigenvalue weighted by atomic mass is 10.3. The summed E-state index contributed by atoms with van der Waals surface area (Å²) in [6, 6.07) is 0. The van der Waals surface area contributed by atoms with Crippen molar-refractivity contribution in [2.75, 3.05) is 6.61 Å². The highest BCUT2D eigenvalue weighted by molar-refractivity contribution is 5.90. The fourth-order valence-electron chi connectivity index (χ4n) is 1.80. The van der Waals surface area contributed by atoms with Gasteiger partial charge >= 0.3 is 11.7 Å². The minimum Gasteiger partial charge on any atom is -0.461 e. The number of ether oxygens (including phenoxy) is 1. The van der Waals surface area contributed by atoms with Crippen LogP contribution in [0.5, 0.6) is 0 Å². The van der Waals surface area contributed by atoms with Gasteiger partial charge in [-0.3, -0.25) is 23.8 Å². The van der Waals surface area contributed by atoms with Crippen LogP contribution >= 0.6 is 0 Å². The Kier molecular flexibility index (Phi) is 3.26. The molecule has 0 aliphatic rings. The molecular weight excluding hydrogens is 268 g/mol. The van der Waals surface area contributed by atoms with Gasteiger partial charge in [-0.2, -0.15) is 5.10 Å². The van der Waals surface area contributed by atoms with Gasteiger partial charge in [-0.25, -0.2) is 9.59 Å². The van der Waals surface area contributed by atoms with E-state index in [9.17, 15) is 19.2 Å². The molecule has 2 aromatic rings. The maximum atomic E-state index is 12.2. The Morgan fingerprint density at radius 1 is 1.25 bits per heavy atom. The van der Waals surface area contributed by atoms with Gasteiger partial charge in [0.05, 0.1) is 6.61 Å². The number of nitrogens with zero attached hydrogens (tertiary/aromatic N) is 3. The second-order valence-corrected chi connectivity index (χ2v) is 4.05. The van der Waals surface area contributed by atoms with Crippen molar-refractivity contribution in [3.63, 3.8) is 0 Å². The highest BCUT2D eigenvalue weighted by Gasteiger charge is 2.20. The molecule has 0 amide bonds. The Hall–Kier alpha value is -2.71. The van der Waals surface area contributed by atoms with E-state index in [1.54, 1.807) is 6.92 Å². The highest BCUT2D eigenvalue weighted by Crippen LogP contribution is 1.99. The van der Waals surface area contributed by atoms with E-state index < -0.39 is 28.3 Å². The molecule has 0 bridgehead atoms. The molecule has 0 radical (unpaired) electrons. The average Bonchev–Trinajstić information content (AvgIpc) is 2.42. The quantitative estimate of drug-likeness (QED) is 0.669. The number of aromatic amines is 1. The topological polar surface area (TPSA) is 116 Å². The van der Waals surface area contributed by atoms with Gasteiger partial charge in [-0.15, -0.1) is 0 Å². The van der Waals surface area contributed by atoms with E-state index in [0.717, 1.165) is 9.13 Å². The van der Waals surface area contributed by atoms with E-state index in [0.29, 0.717) is 0 Å².